The van der Waals surface area contributed by atoms with Gasteiger partial charge in [0.05, 0.1) is 9.49 Å². The highest BCUT2D eigenvalue weighted by atomic mass is 127. The average molecular weight is 268 g/mol. The maximum Gasteiger partial charge on any atom is 0.0695 e. The molecule has 1 N–H and O–H groups in total. The van der Waals surface area contributed by atoms with Gasteiger partial charge in [0, 0.05) is 4.88 Å². The van der Waals surface area contributed by atoms with Crippen molar-refractivity contribution in [1.29, 1.82) is 0 Å². The van der Waals surface area contributed by atoms with E-state index in [-0.39, 0.29) is 6.61 Å². The first-order chi connectivity index (χ1) is 4.66. The number of hydrogen-bond acceptors (Lipinski definition) is 2. The van der Waals surface area contributed by atoms with E-state index in [1.54, 1.807) is 11.3 Å². The third kappa shape index (κ3) is 1.35. The molecule has 0 radical (unpaired) electrons. The van der Waals surface area contributed by atoms with Crippen molar-refractivity contribution in [2.24, 2.45) is 0 Å². The van der Waals surface area contributed by atoms with Gasteiger partial charge in [0.2, 0.25) is 0 Å². The second kappa shape index (κ2) is 3.19. The molecule has 0 aromatic carbocycles. The van der Waals surface area contributed by atoms with Crippen LogP contribution in [0.1, 0.15) is 16.0 Å². The molecule has 0 aliphatic rings. The van der Waals surface area contributed by atoms with Crippen LogP contribution in [0.2, 0.25) is 0 Å². The molecule has 0 saturated heterocycles. The Labute approximate surface area is 78.2 Å². The summed E-state index contributed by atoms with van der Waals surface area (Å²) >= 11 is 4.05. The van der Waals surface area contributed by atoms with Gasteiger partial charge in [0.1, 0.15) is 0 Å². The molecule has 0 fully saturated rings. The monoisotopic (exact) mass is 268 g/mol. The van der Waals surface area contributed by atoms with Crippen molar-refractivity contribution in [3.8, 4) is 0 Å². The molecule has 1 heterocycles. The van der Waals surface area contributed by atoms with Gasteiger partial charge in [-0.3, -0.25) is 0 Å². The Bertz CT molecular complexity index is 242. The van der Waals surface area contributed by atoms with Crippen LogP contribution < -0.4 is 0 Å². The maximum atomic E-state index is 8.92. The molecule has 0 aliphatic carbocycles. The zero-order chi connectivity index (χ0) is 7.72. The van der Waals surface area contributed by atoms with E-state index < -0.39 is 0 Å². The van der Waals surface area contributed by atoms with Gasteiger partial charge >= 0.3 is 0 Å². The van der Waals surface area contributed by atoms with E-state index in [2.05, 4.69) is 29.5 Å². The molecule has 3 heteroatoms. The lowest BCUT2D eigenvalue weighted by Gasteiger charge is -1.93. The van der Waals surface area contributed by atoms with E-state index in [1.807, 2.05) is 6.92 Å². The predicted molar refractivity (Wildman–Crippen MR) is 52.4 cm³/mol. The highest BCUT2D eigenvalue weighted by Crippen LogP contribution is 2.28. The average Bonchev–Trinajstić information content (AvgIpc) is 2.09. The van der Waals surface area contributed by atoms with Crippen LogP contribution in [0.4, 0.5) is 0 Å². The fourth-order valence-electron chi connectivity index (χ4n) is 0.885. The molecule has 10 heavy (non-hydrogen) atoms. The molecule has 1 aromatic rings. The van der Waals surface area contributed by atoms with E-state index in [9.17, 15) is 0 Å². The van der Waals surface area contributed by atoms with E-state index in [1.165, 1.54) is 13.3 Å². The standard InChI is InChI=1S/C7H9IOS/c1-4-6(3-9)5(2)10-7(4)8/h9H,3H2,1-2H3. The van der Waals surface area contributed by atoms with Crippen molar-refractivity contribution in [2.45, 2.75) is 20.5 Å². The number of halogens is 1. The molecule has 0 aliphatic heterocycles. The first-order valence-electron chi connectivity index (χ1n) is 3.02. The normalized spacial score (nSPS) is 10.4. The van der Waals surface area contributed by atoms with Gasteiger partial charge < -0.3 is 5.11 Å². The molecular weight excluding hydrogens is 259 g/mol. The number of thiophene rings is 1. The summed E-state index contributed by atoms with van der Waals surface area (Å²) < 4.78 is 1.29. The molecule has 0 unspecified atom stereocenters. The molecule has 56 valence electrons. The van der Waals surface area contributed by atoms with Crippen LogP contribution in [0.3, 0.4) is 0 Å². The summed E-state index contributed by atoms with van der Waals surface area (Å²) in [6, 6.07) is 0. The van der Waals surface area contributed by atoms with Crippen LogP contribution in [0, 0.1) is 16.7 Å². The summed E-state index contributed by atoms with van der Waals surface area (Å²) in [4.78, 5) is 1.24. The van der Waals surface area contributed by atoms with Crippen molar-refractivity contribution in [1.82, 2.24) is 0 Å². The lowest BCUT2D eigenvalue weighted by molar-refractivity contribution is 0.281. The second-order valence-corrected chi connectivity index (χ2v) is 5.23. The van der Waals surface area contributed by atoms with Crippen molar-refractivity contribution < 1.29 is 5.11 Å². The van der Waals surface area contributed by atoms with Crippen LogP contribution in [-0.2, 0) is 6.61 Å². The summed E-state index contributed by atoms with van der Waals surface area (Å²) in [5.41, 5.74) is 2.35. The second-order valence-electron chi connectivity index (χ2n) is 2.19. The van der Waals surface area contributed by atoms with E-state index in [4.69, 9.17) is 5.11 Å². The number of aryl methyl sites for hydroxylation is 1. The SMILES string of the molecule is Cc1sc(I)c(C)c1CO. The molecule has 0 atom stereocenters. The molecule has 1 rings (SSSR count). The van der Waals surface area contributed by atoms with Crippen LogP contribution in [-0.4, -0.2) is 5.11 Å². The number of aliphatic hydroxyl groups excluding tert-OH is 1. The van der Waals surface area contributed by atoms with Gasteiger partial charge in [-0.15, -0.1) is 11.3 Å². The summed E-state index contributed by atoms with van der Waals surface area (Å²) in [5, 5.41) is 8.92. The van der Waals surface area contributed by atoms with Crippen molar-refractivity contribution in [3.05, 3.63) is 18.9 Å². The van der Waals surface area contributed by atoms with Crippen LogP contribution in [0.5, 0.6) is 0 Å². The lowest BCUT2D eigenvalue weighted by Crippen LogP contribution is -1.85. The largest absolute Gasteiger partial charge is 0.392 e. The molecular formula is C7H9IOS. The van der Waals surface area contributed by atoms with Crippen molar-refractivity contribution in [2.75, 3.05) is 0 Å². The Morgan fingerprint density at radius 3 is 2.30 bits per heavy atom. The summed E-state index contributed by atoms with van der Waals surface area (Å²) in [6.45, 7) is 4.28. The predicted octanol–water partition coefficient (Wildman–Crippen LogP) is 2.46. The third-order valence-electron chi connectivity index (χ3n) is 1.57. The van der Waals surface area contributed by atoms with E-state index in [0.717, 1.165) is 5.56 Å². The summed E-state index contributed by atoms with van der Waals surface area (Å²) in [7, 11) is 0. The van der Waals surface area contributed by atoms with E-state index in [0.29, 0.717) is 0 Å². The topological polar surface area (TPSA) is 20.2 Å². The highest BCUT2D eigenvalue weighted by Gasteiger charge is 2.07. The molecule has 0 bridgehead atoms. The molecule has 0 saturated carbocycles. The van der Waals surface area contributed by atoms with Crippen LogP contribution >= 0.6 is 33.9 Å². The van der Waals surface area contributed by atoms with Crippen LogP contribution in [0.15, 0.2) is 0 Å². The number of aliphatic hydroxyl groups is 1. The minimum atomic E-state index is 0.178. The minimum Gasteiger partial charge on any atom is -0.392 e. The highest BCUT2D eigenvalue weighted by molar-refractivity contribution is 14.1. The van der Waals surface area contributed by atoms with Crippen LogP contribution in [0.25, 0.3) is 0 Å². The Morgan fingerprint density at radius 1 is 1.50 bits per heavy atom. The zero-order valence-corrected chi connectivity index (χ0v) is 8.91. The lowest BCUT2D eigenvalue weighted by atomic mass is 10.2. The fraction of sp³-hybridized carbons (Fsp3) is 0.429. The van der Waals surface area contributed by atoms with E-state index >= 15 is 0 Å². The Kier molecular flexibility index (Phi) is 2.71. The van der Waals surface area contributed by atoms with Gasteiger partial charge in [-0.1, -0.05) is 0 Å². The Hall–Kier alpha value is 0.390. The smallest absolute Gasteiger partial charge is 0.0695 e. The Balaban J connectivity index is 3.20. The maximum absolute atomic E-state index is 8.92. The molecule has 0 spiro atoms. The number of hydrogen-bond donors (Lipinski definition) is 1. The summed E-state index contributed by atoms with van der Waals surface area (Å²) in [6.07, 6.45) is 0. The molecule has 1 nitrogen and oxygen atoms in total. The first-order valence-corrected chi connectivity index (χ1v) is 4.91. The first kappa shape index (κ1) is 8.49. The quantitative estimate of drug-likeness (QED) is 0.776. The fourth-order valence-corrected chi connectivity index (χ4v) is 3.09. The minimum absolute atomic E-state index is 0.178. The van der Waals surface area contributed by atoms with Crippen molar-refractivity contribution >= 4 is 33.9 Å². The van der Waals surface area contributed by atoms with Gasteiger partial charge in [-0.2, -0.15) is 0 Å². The molecule has 0 amide bonds. The zero-order valence-electron chi connectivity index (χ0n) is 5.94. The Morgan fingerprint density at radius 2 is 2.10 bits per heavy atom. The van der Waals surface area contributed by atoms with Gasteiger partial charge in [-0.05, 0) is 47.6 Å². The van der Waals surface area contributed by atoms with Gasteiger partial charge in [0.15, 0.2) is 0 Å². The number of rotatable bonds is 1. The van der Waals surface area contributed by atoms with Gasteiger partial charge in [-0.25, -0.2) is 0 Å². The summed E-state index contributed by atoms with van der Waals surface area (Å²) in [5.74, 6) is 0. The third-order valence-corrected chi connectivity index (χ3v) is 4.08. The van der Waals surface area contributed by atoms with Crippen molar-refractivity contribution in [3.63, 3.8) is 0 Å². The molecule has 1 aromatic heterocycles. The van der Waals surface area contributed by atoms with Gasteiger partial charge in [0.25, 0.3) is 0 Å².